The molecule has 0 aromatic heterocycles. The molecular weight excluding hydrogens is 372 g/mol. The third-order valence-corrected chi connectivity index (χ3v) is 5.72. The van der Waals surface area contributed by atoms with E-state index >= 15 is 0 Å². The van der Waals surface area contributed by atoms with Crippen LogP contribution in [0.4, 0.5) is 0 Å². The lowest BCUT2D eigenvalue weighted by Crippen LogP contribution is -2.37. The average molecular weight is 405 g/mol. The van der Waals surface area contributed by atoms with Crippen molar-refractivity contribution in [3.05, 3.63) is 83.9 Å². The van der Waals surface area contributed by atoms with E-state index in [2.05, 4.69) is 38.1 Å². The summed E-state index contributed by atoms with van der Waals surface area (Å²) in [5.74, 6) is 0.456. The van der Waals surface area contributed by atoms with Crippen LogP contribution < -0.4 is 0 Å². The normalized spacial score (nSPS) is 14.4. The van der Waals surface area contributed by atoms with Crippen LogP contribution in [0.3, 0.4) is 0 Å². The van der Waals surface area contributed by atoms with E-state index in [0.717, 1.165) is 29.2 Å². The van der Waals surface area contributed by atoms with E-state index in [9.17, 15) is 4.79 Å². The van der Waals surface area contributed by atoms with Gasteiger partial charge in [-0.15, -0.1) is 0 Å². The molecule has 0 saturated heterocycles. The van der Waals surface area contributed by atoms with Crippen LogP contribution in [-0.4, -0.2) is 19.7 Å². The van der Waals surface area contributed by atoms with Crippen LogP contribution in [0.1, 0.15) is 38.3 Å². The van der Waals surface area contributed by atoms with Crippen molar-refractivity contribution in [3.8, 4) is 0 Å². The molecule has 0 amide bonds. The highest BCUT2D eigenvalue weighted by atomic mass is 16.6. The molecule has 0 heterocycles. The van der Waals surface area contributed by atoms with Crippen LogP contribution in [0, 0.1) is 11.8 Å². The van der Waals surface area contributed by atoms with E-state index in [1.54, 1.807) is 14.0 Å². The Morgan fingerprint density at radius 2 is 1.60 bits per heavy atom. The summed E-state index contributed by atoms with van der Waals surface area (Å²) in [5.41, 5.74) is 0.940. The molecule has 3 heteroatoms. The van der Waals surface area contributed by atoms with Crippen molar-refractivity contribution < 1.29 is 14.3 Å². The third-order valence-electron chi connectivity index (χ3n) is 5.72. The second-order valence-electron chi connectivity index (χ2n) is 8.55. The van der Waals surface area contributed by atoms with Crippen LogP contribution in [0.25, 0.3) is 10.8 Å². The van der Waals surface area contributed by atoms with Gasteiger partial charge < -0.3 is 9.47 Å². The van der Waals surface area contributed by atoms with Crippen LogP contribution >= 0.6 is 0 Å². The first kappa shape index (κ1) is 22.0. The molecule has 30 heavy (non-hydrogen) atoms. The Balaban J connectivity index is 1.78. The van der Waals surface area contributed by atoms with Crippen LogP contribution in [0.5, 0.6) is 0 Å². The summed E-state index contributed by atoms with van der Waals surface area (Å²) in [7, 11) is 1.57. The van der Waals surface area contributed by atoms with Crippen LogP contribution in [0.2, 0.25) is 0 Å². The monoisotopic (exact) mass is 404 g/mol. The van der Waals surface area contributed by atoms with Crippen molar-refractivity contribution in [2.45, 2.75) is 39.2 Å². The zero-order valence-corrected chi connectivity index (χ0v) is 18.4. The van der Waals surface area contributed by atoms with Gasteiger partial charge in [-0.05, 0) is 47.9 Å². The summed E-state index contributed by atoms with van der Waals surface area (Å²) >= 11 is 0. The zero-order chi connectivity index (χ0) is 21.6. The molecule has 2 atom stereocenters. The van der Waals surface area contributed by atoms with Gasteiger partial charge in [0.2, 0.25) is 0 Å². The van der Waals surface area contributed by atoms with E-state index < -0.39 is 5.60 Å². The maximum absolute atomic E-state index is 13.2. The number of rotatable bonds is 9. The fourth-order valence-corrected chi connectivity index (χ4v) is 4.10. The topological polar surface area (TPSA) is 35.5 Å². The van der Waals surface area contributed by atoms with Gasteiger partial charge in [-0.1, -0.05) is 86.6 Å². The Labute approximate surface area is 180 Å². The minimum atomic E-state index is -1.16. The molecular formula is C27H32O3. The lowest BCUT2D eigenvalue weighted by Gasteiger charge is -2.29. The molecule has 3 nitrogen and oxygen atoms in total. The molecule has 0 N–H and O–H groups in total. The van der Waals surface area contributed by atoms with Crippen LogP contribution in [-0.2, 0) is 26.3 Å². The highest BCUT2D eigenvalue weighted by Crippen LogP contribution is 2.33. The van der Waals surface area contributed by atoms with E-state index in [0.29, 0.717) is 12.5 Å². The summed E-state index contributed by atoms with van der Waals surface area (Å²) in [6.45, 7) is 6.59. The van der Waals surface area contributed by atoms with Crippen LogP contribution in [0.15, 0.2) is 72.8 Å². The highest BCUT2D eigenvalue weighted by Gasteiger charge is 2.38. The predicted octanol–water partition coefficient (Wildman–Crippen LogP) is 6.15. The van der Waals surface area contributed by atoms with Gasteiger partial charge in [-0.3, -0.25) is 0 Å². The van der Waals surface area contributed by atoms with Crippen molar-refractivity contribution in [2.75, 3.05) is 13.7 Å². The van der Waals surface area contributed by atoms with Crippen molar-refractivity contribution >= 4 is 16.7 Å². The standard InChI is InChI=1S/C27H32O3/c1-20(2)17-22(18-21-11-6-5-7-12-21)19-30-26(28)27(3,29-4)25-16-10-14-23-13-8-9-15-24(23)25/h5-16,20,22H,17-19H2,1-4H3/t22-,27-/m1/s1. The van der Waals surface area contributed by atoms with Crippen molar-refractivity contribution in [1.29, 1.82) is 0 Å². The van der Waals surface area contributed by atoms with Gasteiger partial charge in [-0.2, -0.15) is 0 Å². The Bertz CT molecular complexity index is 959. The predicted molar refractivity (Wildman–Crippen MR) is 122 cm³/mol. The molecule has 0 aliphatic carbocycles. The molecule has 158 valence electrons. The van der Waals surface area contributed by atoms with Crippen molar-refractivity contribution in [1.82, 2.24) is 0 Å². The first-order valence-corrected chi connectivity index (χ1v) is 10.7. The number of methoxy groups -OCH3 is 1. The number of hydrogen-bond donors (Lipinski definition) is 0. The van der Waals surface area contributed by atoms with Gasteiger partial charge in [-0.25, -0.2) is 4.79 Å². The van der Waals surface area contributed by atoms with Gasteiger partial charge in [0.05, 0.1) is 6.61 Å². The molecule has 0 bridgehead atoms. The number of hydrogen-bond acceptors (Lipinski definition) is 3. The second-order valence-corrected chi connectivity index (χ2v) is 8.55. The molecule has 3 aromatic rings. The number of fused-ring (bicyclic) bond motifs is 1. The fourth-order valence-electron chi connectivity index (χ4n) is 4.10. The summed E-state index contributed by atoms with van der Waals surface area (Å²) in [4.78, 5) is 13.2. The maximum atomic E-state index is 13.2. The minimum Gasteiger partial charge on any atom is -0.463 e. The van der Waals surface area contributed by atoms with Gasteiger partial charge in [0.25, 0.3) is 0 Å². The number of esters is 1. The molecule has 0 aliphatic heterocycles. The summed E-state index contributed by atoms with van der Waals surface area (Å²) in [6.07, 6.45) is 1.89. The van der Waals surface area contributed by atoms with Gasteiger partial charge in [0, 0.05) is 12.7 Å². The molecule has 0 fully saturated rings. The number of ether oxygens (including phenoxy) is 2. The second kappa shape index (κ2) is 9.90. The summed E-state index contributed by atoms with van der Waals surface area (Å²) in [6, 6.07) is 24.4. The van der Waals surface area contributed by atoms with Gasteiger partial charge in [0.1, 0.15) is 0 Å². The molecule has 0 aliphatic rings. The summed E-state index contributed by atoms with van der Waals surface area (Å²) < 4.78 is 11.6. The molecule has 3 rings (SSSR count). The van der Waals surface area contributed by atoms with E-state index in [4.69, 9.17) is 9.47 Å². The van der Waals surface area contributed by atoms with Gasteiger partial charge in [0.15, 0.2) is 5.60 Å². The first-order chi connectivity index (χ1) is 14.4. The van der Waals surface area contributed by atoms with E-state index in [-0.39, 0.29) is 11.9 Å². The Kier molecular flexibility index (Phi) is 7.28. The van der Waals surface area contributed by atoms with Crippen molar-refractivity contribution in [3.63, 3.8) is 0 Å². The summed E-state index contributed by atoms with van der Waals surface area (Å²) in [5, 5.41) is 2.08. The third kappa shape index (κ3) is 5.09. The molecule has 0 saturated carbocycles. The van der Waals surface area contributed by atoms with Crippen molar-refractivity contribution in [2.24, 2.45) is 11.8 Å². The van der Waals surface area contributed by atoms with E-state index in [1.807, 2.05) is 48.5 Å². The minimum absolute atomic E-state index is 0.268. The average Bonchev–Trinajstić information content (AvgIpc) is 2.76. The number of carbonyl (C=O) groups is 1. The van der Waals surface area contributed by atoms with Gasteiger partial charge >= 0.3 is 5.97 Å². The Morgan fingerprint density at radius 1 is 0.933 bits per heavy atom. The zero-order valence-electron chi connectivity index (χ0n) is 18.4. The first-order valence-electron chi connectivity index (χ1n) is 10.7. The molecule has 0 unspecified atom stereocenters. The molecule has 3 aromatic carbocycles. The lowest BCUT2D eigenvalue weighted by molar-refractivity contribution is -0.170. The Morgan fingerprint density at radius 3 is 2.30 bits per heavy atom. The lowest BCUT2D eigenvalue weighted by atomic mass is 9.90. The fraction of sp³-hybridized carbons (Fsp3) is 0.370. The van der Waals surface area contributed by atoms with E-state index in [1.165, 1.54) is 5.56 Å². The SMILES string of the molecule is CO[C@@](C)(C(=O)OC[C@@H](Cc1ccccc1)CC(C)C)c1cccc2ccccc12. The largest absolute Gasteiger partial charge is 0.463 e. The quantitative estimate of drug-likeness (QED) is 0.401. The number of benzene rings is 3. The highest BCUT2D eigenvalue weighted by molar-refractivity contribution is 5.92. The maximum Gasteiger partial charge on any atom is 0.342 e. The smallest absolute Gasteiger partial charge is 0.342 e. The number of carbonyl (C=O) groups excluding carboxylic acids is 1. The Hall–Kier alpha value is -2.65. The molecule has 0 radical (unpaired) electrons. The molecule has 0 spiro atoms.